The van der Waals surface area contributed by atoms with E-state index in [0.717, 1.165) is 18.2 Å². The smallest absolute Gasteiger partial charge is 0.282 e. The van der Waals surface area contributed by atoms with Crippen LogP contribution in [0.2, 0.25) is 0 Å². The summed E-state index contributed by atoms with van der Waals surface area (Å²) < 4.78 is 13.3. The van der Waals surface area contributed by atoms with Crippen LogP contribution in [-0.4, -0.2) is 22.0 Å². The number of rotatable bonds is 6. The molecule has 1 amide bonds. The van der Waals surface area contributed by atoms with E-state index in [2.05, 4.69) is 5.32 Å². The van der Waals surface area contributed by atoms with E-state index in [9.17, 15) is 24.4 Å². The first-order valence-electron chi connectivity index (χ1n) is 7.36. The Bertz CT molecular complexity index is 737. The molecule has 0 radical (unpaired) electrons. The number of halogens is 1. The molecule has 2 rings (SSSR count). The van der Waals surface area contributed by atoms with Gasteiger partial charge in [0.15, 0.2) is 0 Å². The molecule has 126 valence electrons. The minimum absolute atomic E-state index is 0.221. The van der Waals surface area contributed by atoms with Gasteiger partial charge >= 0.3 is 0 Å². The van der Waals surface area contributed by atoms with Gasteiger partial charge in [0, 0.05) is 12.1 Å². The van der Waals surface area contributed by atoms with Crippen LogP contribution in [0.4, 0.5) is 10.1 Å². The minimum Gasteiger partial charge on any atom is -0.388 e. The van der Waals surface area contributed by atoms with E-state index in [1.165, 1.54) is 0 Å². The van der Waals surface area contributed by atoms with E-state index in [1.54, 1.807) is 31.2 Å². The first kappa shape index (κ1) is 17.6. The highest BCUT2D eigenvalue weighted by Crippen LogP contribution is 2.21. The topological polar surface area (TPSA) is 92.5 Å². The summed E-state index contributed by atoms with van der Waals surface area (Å²) in [5.74, 6) is -1.49. The van der Waals surface area contributed by atoms with Crippen LogP contribution in [0.1, 0.15) is 35.4 Å². The van der Waals surface area contributed by atoms with Gasteiger partial charge in [-0.1, -0.05) is 30.3 Å². The van der Waals surface area contributed by atoms with Crippen molar-refractivity contribution in [2.75, 3.05) is 0 Å². The summed E-state index contributed by atoms with van der Waals surface area (Å²) in [5, 5.41) is 23.6. The number of nitrogens with one attached hydrogen (secondary N) is 1. The lowest BCUT2D eigenvalue weighted by molar-refractivity contribution is -0.385. The number of aliphatic hydroxyl groups excluding tert-OH is 1. The summed E-state index contributed by atoms with van der Waals surface area (Å²) in [6.07, 6.45) is -0.567. The lowest BCUT2D eigenvalue weighted by atomic mass is 10.0. The molecule has 2 aromatic carbocycles. The molecule has 0 fully saturated rings. The molecule has 24 heavy (non-hydrogen) atoms. The highest BCUT2D eigenvalue weighted by molar-refractivity contribution is 5.98. The molecule has 7 heteroatoms. The molecular weight excluding hydrogens is 315 g/mol. The fraction of sp³-hybridized carbons (Fsp3) is 0.235. The number of amides is 1. The third kappa shape index (κ3) is 4.36. The monoisotopic (exact) mass is 332 g/mol. The van der Waals surface area contributed by atoms with Crippen LogP contribution in [0.25, 0.3) is 0 Å². The zero-order chi connectivity index (χ0) is 17.7. The lowest BCUT2D eigenvalue weighted by Gasteiger charge is -2.18. The van der Waals surface area contributed by atoms with Crippen LogP contribution in [0.5, 0.6) is 0 Å². The van der Waals surface area contributed by atoms with Crippen LogP contribution in [0.3, 0.4) is 0 Å². The Hall–Kier alpha value is -2.80. The summed E-state index contributed by atoms with van der Waals surface area (Å²) >= 11 is 0. The van der Waals surface area contributed by atoms with Gasteiger partial charge in [-0.15, -0.1) is 0 Å². The van der Waals surface area contributed by atoms with Crippen molar-refractivity contribution >= 4 is 11.6 Å². The molecule has 2 N–H and O–H groups in total. The molecule has 0 saturated heterocycles. The summed E-state index contributed by atoms with van der Waals surface area (Å²) in [5.41, 5.74) is -0.110. The van der Waals surface area contributed by atoms with Crippen molar-refractivity contribution in [3.63, 3.8) is 0 Å². The van der Waals surface area contributed by atoms with Crippen molar-refractivity contribution in [2.24, 2.45) is 0 Å². The summed E-state index contributed by atoms with van der Waals surface area (Å²) in [6.45, 7) is 1.66. The summed E-state index contributed by atoms with van der Waals surface area (Å²) in [7, 11) is 0. The first-order valence-corrected chi connectivity index (χ1v) is 7.36. The first-order chi connectivity index (χ1) is 11.4. The molecule has 2 atom stereocenters. The molecule has 0 saturated carbocycles. The Labute approximate surface area is 138 Å². The molecular formula is C17H17FN2O4. The normalized spacial score (nSPS) is 13.1. The van der Waals surface area contributed by atoms with E-state index in [0.29, 0.717) is 5.56 Å². The zero-order valence-corrected chi connectivity index (χ0v) is 13.0. The van der Waals surface area contributed by atoms with E-state index in [-0.39, 0.29) is 12.0 Å². The van der Waals surface area contributed by atoms with Gasteiger partial charge in [-0.05, 0) is 31.0 Å². The van der Waals surface area contributed by atoms with Gasteiger partial charge in [-0.25, -0.2) is 4.39 Å². The molecule has 0 bridgehead atoms. The Morgan fingerprint density at radius 3 is 2.58 bits per heavy atom. The van der Waals surface area contributed by atoms with Gasteiger partial charge in [0.1, 0.15) is 11.4 Å². The van der Waals surface area contributed by atoms with Crippen molar-refractivity contribution in [1.82, 2.24) is 5.32 Å². The fourth-order valence-corrected chi connectivity index (χ4v) is 2.36. The van der Waals surface area contributed by atoms with E-state index < -0.39 is 34.5 Å². The van der Waals surface area contributed by atoms with Crippen LogP contribution in [0, 0.1) is 15.9 Å². The highest BCUT2D eigenvalue weighted by atomic mass is 19.1. The third-order valence-electron chi connectivity index (χ3n) is 3.54. The number of carbonyl (C=O) groups excluding carboxylic acids is 1. The molecule has 0 aliphatic rings. The second-order valence-corrected chi connectivity index (χ2v) is 5.46. The largest absolute Gasteiger partial charge is 0.388 e. The molecule has 2 aromatic rings. The number of benzene rings is 2. The van der Waals surface area contributed by atoms with Gasteiger partial charge in [0.25, 0.3) is 11.6 Å². The second kappa shape index (κ2) is 7.65. The number of aliphatic hydroxyl groups is 1. The zero-order valence-electron chi connectivity index (χ0n) is 13.0. The number of nitro groups is 1. The van der Waals surface area contributed by atoms with Crippen molar-refractivity contribution < 1.29 is 19.2 Å². The molecule has 0 heterocycles. The maximum Gasteiger partial charge on any atom is 0.282 e. The average Bonchev–Trinajstić information content (AvgIpc) is 2.55. The molecule has 0 unspecified atom stereocenters. The molecule has 0 aliphatic heterocycles. The van der Waals surface area contributed by atoms with Gasteiger partial charge in [0.05, 0.1) is 11.0 Å². The Balaban J connectivity index is 2.07. The second-order valence-electron chi connectivity index (χ2n) is 5.46. The Morgan fingerprint density at radius 2 is 1.96 bits per heavy atom. The van der Waals surface area contributed by atoms with Crippen LogP contribution in [0.15, 0.2) is 48.5 Å². The molecule has 6 nitrogen and oxygen atoms in total. The number of carbonyl (C=O) groups is 1. The van der Waals surface area contributed by atoms with Gasteiger partial charge in [-0.2, -0.15) is 0 Å². The minimum atomic E-state index is -0.788. The maximum absolute atomic E-state index is 13.3. The van der Waals surface area contributed by atoms with Gasteiger partial charge < -0.3 is 10.4 Å². The highest BCUT2D eigenvalue weighted by Gasteiger charge is 2.23. The van der Waals surface area contributed by atoms with Crippen molar-refractivity contribution in [3.05, 3.63) is 75.6 Å². The number of hydrogen-bond acceptors (Lipinski definition) is 4. The summed E-state index contributed by atoms with van der Waals surface area (Å²) in [4.78, 5) is 22.4. The Kier molecular flexibility index (Phi) is 5.59. The number of nitro benzene ring substituents is 1. The van der Waals surface area contributed by atoms with Crippen LogP contribution in [-0.2, 0) is 0 Å². The summed E-state index contributed by atoms with van der Waals surface area (Å²) in [6, 6.07) is 11.2. The molecule has 0 aliphatic carbocycles. The fourth-order valence-electron chi connectivity index (χ4n) is 2.36. The number of nitrogens with zero attached hydrogens (tertiary/aromatic N) is 1. The lowest BCUT2D eigenvalue weighted by Crippen LogP contribution is -2.34. The predicted octanol–water partition coefficient (Wildman–Crippen LogP) is 2.98. The van der Waals surface area contributed by atoms with Gasteiger partial charge in [0.2, 0.25) is 0 Å². The van der Waals surface area contributed by atoms with Crippen LogP contribution < -0.4 is 5.32 Å². The molecule has 0 spiro atoms. The predicted molar refractivity (Wildman–Crippen MR) is 86.0 cm³/mol. The van der Waals surface area contributed by atoms with E-state index in [4.69, 9.17) is 0 Å². The van der Waals surface area contributed by atoms with Crippen molar-refractivity contribution in [2.45, 2.75) is 25.5 Å². The van der Waals surface area contributed by atoms with E-state index in [1.807, 2.05) is 6.07 Å². The maximum atomic E-state index is 13.3. The quantitative estimate of drug-likeness (QED) is 0.628. The molecule has 0 aromatic heterocycles. The van der Waals surface area contributed by atoms with Crippen molar-refractivity contribution in [3.8, 4) is 0 Å². The SMILES string of the molecule is C[C@@H](C[C@H](O)c1ccccc1)NC(=O)c1cc(F)ccc1[N+](=O)[O-]. The Morgan fingerprint density at radius 1 is 1.29 bits per heavy atom. The van der Waals surface area contributed by atoms with Crippen molar-refractivity contribution in [1.29, 1.82) is 0 Å². The van der Waals surface area contributed by atoms with E-state index >= 15 is 0 Å². The standard InChI is InChI=1S/C17H17FN2O4/c1-11(9-16(21)12-5-3-2-4-6-12)19-17(22)14-10-13(18)7-8-15(14)20(23)24/h2-8,10-11,16,21H,9H2,1H3,(H,19,22)/t11-,16-/m0/s1. The third-order valence-corrected chi connectivity index (χ3v) is 3.54. The van der Waals surface area contributed by atoms with Crippen LogP contribution >= 0.6 is 0 Å². The number of hydrogen-bond donors (Lipinski definition) is 2. The average molecular weight is 332 g/mol. The van der Waals surface area contributed by atoms with Gasteiger partial charge in [-0.3, -0.25) is 14.9 Å².